The lowest BCUT2D eigenvalue weighted by molar-refractivity contribution is 0.165. The molecule has 1 heterocycles. The van der Waals surface area contributed by atoms with Gasteiger partial charge < -0.3 is 5.32 Å². The Morgan fingerprint density at radius 2 is 1.80 bits per heavy atom. The van der Waals surface area contributed by atoms with E-state index in [0.717, 1.165) is 36.0 Å². The molecule has 1 aliphatic heterocycles. The monoisotopic (exact) mass is 333 g/mol. The molecule has 0 aromatic heterocycles. The van der Waals surface area contributed by atoms with Gasteiger partial charge in [-0.15, -0.1) is 0 Å². The fourth-order valence-corrected chi connectivity index (χ4v) is 3.31. The molecule has 1 saturated heterocycles. The van der Waals surface area contributed by atoms with E-state index in [1.165, 1.54) is 5.56 Å². The lowest BCUT2D eigenvalue weighted by atomic mass is 9.72. The molecule has 1 N–H and O–H groups in total. The van der Waals surface area contributed by atoms with Crippen LogP contribution in [0.15, 0.2) is 53.0 Å². The van der Waals surface area contributed by atoms with E-state index in [2.05, 4.69) is 45.5 Å². The van der Waals surface area contributed by atoms with Gasteiger partial charge in [-0.25, -0.2) is 4.39 Å². The van der Waals surface area contributed by atoms with Gasteiger partial charge in [-0.1, -0.05) is 46.3 Å². The van der Waals surface area contributed by atoms with Gasteiger partial charge in [0.1, 0.15) is 5.82 Å². The van der Waals surface area contributed by atoms with Crippen molar-refractivity contribution >= 4 is 15.9 Å². The summed E-state index contributed by atoms with van der Waals surface area (Å²) in [5.74, 6) is -0.104. The third-order valence-electron chi connectivity index (χ3n) is 4.00. The van der Waals surface area contributed by atoms with Gasteiger partial charge in [-0.2, -0.15) is 0 Å². The zero-order valence-corrected chi connectivity index (χ0v) is 12.8. The average Bonchev–Trinajstić information content (AvgIpc) is 2.41. The molecule has 0 spiro atoms. The van der Waals surface area contributed by atoms with E-state index in [9.17, 15) is 4.39 Å². The van der Waals surface area contributed by atoms with E-state index in [1.54, 1.807) is 12.1 Å². The first-order chi connectivity index (χ1) is 9.67. The molecule has 0 amide bonds. The SMILES string of the molecule is Fc1ccc(Br)cc1CC1(Cc2ccccc2)CNC1. The Morgan fingerprint density at radius 3 is 2.45 bits per heavy atom. The van der Waals surface area contributed by atoms with Crippen LogP contribution in [0.25, 0.3) is 0 Å². The predicted octanol–water partition coefficient (Wildman–Crippen LogP) is 3.96. The number of benzene rings is 2. The summed E-state index contributed by atoms with van der Waals surface area (Å²) in [5.41, 5.74) is 2.27. The smallest absolute Gasteiger partial charge is 0.126 e. The summed E-state index contributed by atoms with van der Waals surface area (Å²) in [4.78, 5) is 0. The van der Waals surface area contributed by atoms with Crippen molar-refractivity contribution < 1.29 is 4.39 Å². The summed E-state index contributed by atoms with van der Waals surface area (Å²) in [6, 6.07) is 15.7. The molecule has 2 aromatic rings. The van der Waals surface area contributed by atoms with E-state index in [-0.39, 0.29) is 11.2 Å². The molecule has 3 heteroatoms. The summed E-state index contributed by atoms with van der Waals surface area (Å²) in [5, 5.41) is 3.34. The van der Waals surface area contributed by atoms with Gasteiger partial charge in [0.15, 0.2) is 0 Å². The Bertz CT molecular complexity index is 593. The fraction of sp³-hybridized carbons (Fsp3) is 0.294. The second-order valence-electron chi connectivity index (χ2n) is 5.68. The Kier molecular flexibility index (Phi) is 3.90. The Morgan fingerprint density at radius 1 is 1.05 bits per heavy atom. The van der Waals surface area contributed by atoms with E-state index < -0.39 is 0 Å². The highest BCUT2D eigenvalue weighted by molar-refractivity contribution is 9.10. The first kappa shape index (κ1) is 13.8. The molecule has 0 bridgehead atoms. The molecule has 0 atom stereocenters. The van der Waals surface area contributed by atoms with E-state index in [1.807, 2.05) is 12.1 Å². The molecule has 104 valence electrons. The third-order valence-corrected chi connectivity index (χ3v) is 4.49. The highest BCUT2D eigenvalue weighted by Crippen LogP contribution is 2.33. The van der Waals surface area contributed by atoms with Crippen LogP contribution in [0.2, 0.25) is 0 Å². The van der Waals surface area contributed by atoms with E-state index in [4.69, 9.17) is 0 Å². The zero-order chi connectivity index (χ0) is 14.0. The maximum Gasteiger partial charge on any atom is 0.126 e. The van der Waals surface area contributed by atoms with Gasteiger partial charge in [0.05, 0.1) is 0 Å². The van der Waals surface area contributed by atoms with Crippen LogP contribution in [0.4, 0.5) is 4.39 Å². The van der Waals surface area contributed by atoms with Crippen LogP contribution in [0.3, 0.4) is 0 Å². The van der Waals surface area contributed by atoms with Crippen molar-refractivity contribution in [2.45, 2.75) is 12.8 Å². The number of hydrogen-bond acceptors (Lipinski definition) is 1. The lowest BCUT2D eigenvalue weighted by Crippen LogP contribution is -2.56. The molecule has 0 radical (unpaired) electrons. The molecule has 2 aromatic carbocycles. The summed E-state index contributed by atoms with van der Waals surface area (Å²) in [7, 11) is 0. The number of halogens is 2. The molecule has 3 rings (SSSR count). The van der Waals surface area contributed by atoms with Crippen LogP contribution in [0.5, 0.6) is 0 Å². The Balaban J connectivity index is 1.81. The molecule has 0 saturated carbocycles. The van der Waals surface area contributed by atoms with Gasteiger partial charge in [0, 0.05) is 23.0 Å². The minimum atomic E-state index is -0.104. The summed E-state index contributed by atoms with van der Waals surface area (Å²) < 4.78 is 14.9. The minimum Gasteiger partial charge on any atom is -0.315 e. The second-order valence-corrected chi connectivity index (χ2v) is 6.59. The molecule has 20 heavy (non-hydrogen) atoms. The summed E-state index contributed by atoms with van der Waals surface area (Å²) in [6.07, 6.45) is 1.77. The summed E-state index contributed by atoms with van der Waals surface area (Å²) in [6.45, 7) is 1.90. The highest BCUT2D eigenvalue weighted by atomic mass is 79.9. The van der Waals surface area contributed by atoms with Crippen LogP contribution in [0, 0.1) is 11.2 Å². The first-order valence-corrected chi connectivity index (χ1v) is 7.65. The van der Waals surface area contributed by atoms with Crippen molar-refractivity contribution in [2.24, 2.45) is 5.41 Å². The zero-order valence-electron chi connectivity index (χ0n) is 11.2. The minimum absolute atomic E-state index is 0.104. The van der Waals surface area contributed by atoms with Crippen LogP contribution in [-0.4, -0.2) is 13.1 Å². The van der Waals surface area contributed by atoms with Gasteiger partial charge in [0.2, 0.25) is 0 Å². The van der Waals surface area contributed by atoms with Gasteiger partial charge >= 0.3 is 0 Å². The third kappa shape index (κ3) is 2.94. The van der Waals surface area contributed by atoms with E-state index >= 15 is 0 Å². The maximum atomic E-state index is 14.0. The van der Waals surface area contributed by atoms with Crippen LogP contribution < -0.4 is 5.32 Å². The summed E-state index contributed by atoms with van der Waals surface area (Å²) >= 11 is 3.43. The topological polar surface area (TPSA) is 12.0 Å². The normalized spacial score (nSPS) is 16.7. The lowest BCUT2D eigenvalue weighted by Gasteiger charge is -2.43. The number of hydrogen-bond donors (Lipinski definition) is 1. The molecule has 1 fully saturated rings. The molecular formula is C17H17BrFN. The Labute approximate surface area is 127 Å². The first-order valence-electron chi connectivity index (χ1n) is 6.86. The molecule has 1 aliphatic rings. The van der Waals surface area contributed by atoms with Crippen molar-refractivity contribution in [3.63, 3.8) is 0 Å². The van der Waals surface area contributed by atoms with E-state index in [0.29, 0.717) is 0 Å². The van der Waals surface area contributed by atoms with Gasteiger partial charge in [-0.3, -0.25) is 0 Å². The Hall–Kier alpha value is -1.19. The van der Waals surface area contributed by atoms with Gasteiger partial charge in [-0.05, 0) is 42.2 Å². The molecule has 0 unspecified atom stereocenters. The van der Waals surface area contributed by atoms with Crippen molar-refractivity contribution in [3.8, 4) is 0 Å². The molecule has 1 nitrogen and oxygen atoms in total. The second kappa shape index (κ2) is 5.66. The molecular weight excluding hydrogens is 317 g/mol. The van der Waals surface area contributed by atoms with Crippen molar-refractivity contribution in [2.75, 3.05) is 13.1 Å². The van der Waals surface area contributed by atoms with Crippen LogP contribution in [0.1, 0.15) is 11.1 Å². The van der Waals surface area contributed by atoms with Crippen molar-refractivity contribution in [3.05, 3.63) is 69.9 Å². The predicted molar refractivity (Wildman–Crippen MR) is 83.3 cm³/mol. The van der Waals surface area contributed by atoms with Crippen LogP contribution >= 0.6 is 15.9 Å². The fourth-order valence-electron chi connectivity index (χ4n) is 2.90. The molecule has 0 aliphatic carbocycles. The maximum absolute atomic E-state index is 14.0. The highest BCUT2D eigenvalue weighted by Gasteiger charge is 2.37. The number of rotatable bonds is 4. The number of nitrogens with one attached hydrogen (secondary N) is 1. The largest absolute Gasteiger partial charge is 0.315 e. The van der Waals surface area contributed by atoms with Crippen LogP contribution in [-0.2, 0) is 12.8 Å². The van der Waals surface area contributed by atoms with Crippen molar-refractivity contribution in [1.29, 1.82) is 0 Å². The standard InChI is InChI=1S/C17H17BrFN/c18-15-6-7-16(19)14(8-15)10-17(11-20-12-17)9-13-4-2-1-3-5-13/h1-8,20H,9-12H2. The quantitative estimate of drug-likeness (QED) is 0.892. The average molecular weight is 334 g/mol. The van der Waals surface area contributed by atoms with Crippen molar-refractivity contribution in [1.82, 2.24) is 5.32 Å². The van der Waals surface area contributed by atoms with Gasteiger partial charge in [0.25, 0.3) is 0 Å².